The van der Waals surface area contributed by atoms with E-state index in [4.69, 9.17) is 0 Å². The minimum Gasteiger partial charge on any atom is -0.357 e. The van der Waals surface area contributed by atoms with E-state index in [9.17, 15) is 0 Å². The summed E-state index contributed by atoms with van der Waals surface area (Å²) in [6.07, 6.45) is 5.23. The van der Waals surface area contributed by atoms with E-state index in [1.165, 1.54) is 10.6 Å². The van der Waals surface area contributed by atoms with Crippen LogP contribution in [-0.2, 0) is 26.6 Å². The van der Waals surface area contributed by atoms with Crippen molar-refractivity contribution in [1.29, 1.82) is 0 Å². The Balaban J connectivity index is 1.79. The normalized spacial score (nSPS) is 10.9. The molecule has 0 aliphatic rings. The lowest BCUT2D eigenvalue weighted by Crippen LogP contribution is -2.12. The molecule has 0 spiro atoms. The number of rotatable bonds is 5. The number of aromatic nitrogens is 2. The summed E-state index contributed by atoms with van der Waals surface area (Å²) in [7, 11) is 2.04. The Bertz CT molecular complexity index is 445. The van der Waals surface area contributed by atoms with Gasteiger partial charge in [-0.25, -0.2) is 4.98 Å². The van der Waals surface area contributed by atoms with E-state index in [-0.39, 0.29) is 0 Å². The molecule has 0 saturated heterocycles. The van der Waals surface area contributed by atoms with Crippen LogP contribution in [0.25, 0.3) is 0 Å². The van der Waals surface area contributed by atoms with Crippen molar-refractivity contribution in [1.82, 2.24) is 14.9 Å². The number of nitrogens with zero attached hydrogens (tertiary/aromatic N) is 2. The van der Waals surface area contributed by atoms with Gasteiger partial charge in [0.05, 0.1) is 10.7 Å². The molecule has 16 heavy (non-hydrogen) atoms. The molecule has 2 heterocycles. The molecule has 1 N–H and O–H groups in total. The van der Waals surface area contributed by atoms with Gasteiger partial charge in [-0.3, -0.25) is 0 Å². The molecule has 0 aliphatic heterocycles. The predicted molar refractivity (Wildman–Crippen MR) is 67.4 cm³/mol. The van der Waals surface area contributed by atoms with Crippen molar-refractivity contribution in [3.63, 3.8) is 0 Å². The van der Waals surface area contributed by atoms with Gasteiger partial charge in [0.1, 0.15) is 0 Å². The fourth-order valence-corrected chi connectivity index (χ4v) is 2.34. The average Bonchev–Trinajstić information content (AvgIpc) is 2.88. The topological polar surface area (TPSA) is 29.9 Å². The molecular weight excluding hydrogens is 218 g/mol. The molecule has 0 aliphatic carbocycles. The molecule has 0 aromatic carbocycles. The first-order valence-electron chi connectivity index (χ1n) is 5.52. The Kier molecular flexibility index (Phi) is 3.74. The van der Waals surface area contributed by atoms with Gasteiger partial charge in [0.25, 0.3) is 0 Å². The fraction of sp³-hybridized carbons (Fsp3) is 0.417. The van der Waals surface area contributed by atoms with E-state index >= 15 is 0 Å². The highest BCUT2D eigenvalue weighted by molar-refractivity contribution is 7.09. The molecule has 0 bridgehead atoms. The van der Waals surface area contributed by atoms with E-state index in [0.717, 1.165) is 25.2 Å². The van der Waals surface area contributed by atoms with Crippen molar-refractivity contribution >= 4 is 11.3 Å². The highest BCUT2D eigenvalue weighted by atomic mass is 32.1. The van der Waals surface area contributed by atoms with Crippen molar-refractivity contribution in [2.24, 2.45) is 7.05 Å². The van der Waals surface area contributed by atoms with Crippen LogP contribution in [0.15, 0.2) is 23.8 Å². The minimum atomic E-state index is 0.853. The second-order valence-corrected chi connectivity index (χ2v) is 4.82. The third-order valence-electron chi connectivity index (χ3n) is 2.43. The van der Waals surface area contributed by atoms with E-state index < -0.39 is 0 Å². The molecule has 0 amide bonds. The Labute approximate surface area is 100 Å². The minimum absolute atomic E-state index is 0.853. The third kappa shape index (κ3) is 2.93. The summed E-state index contributed by atoms with van der Waals surface area (Å²) < 4.78 is 2.06. The molecule has 3 nitrogen and oxygen atoms in total. The summed E-state index contributed by atoms with van der Waals surface area (Å²) in [6, 6.07) is 2.13. The van der Waals surface area contributed by atoms with Crippen LogP contribution in [0.2, 0.25) is 0 Å². The first-order valence-corrected chi connectivity index (χ1v) is 6.40. The maximum Gasteiger partial charge on any atom is 0.0926 e. The van der Waals surface area contributed by atoms with Crippen LogP contribution in [-0.4, -0.2) is 9.55 Å². The largest absolute Gasteiger partial charge is 0.357 e. The highest BCUT2D eigenvalue weighted by Gasteiger charge is 2.00. The van der Waals surface area contributed by atoms with Crippen LogP contribution >= 0.6 is 11.3 Å². The van der Waals surface area contributed by atoms with Crippen LogP contribution < -0.4 is 5.32 Å². The molecule has 0 unspecified atom stereocenters. The summed E-state index contributed by atoms with van der Waals surface area (Å²) >= 11 is 1.74. The van der Waals surface area contributed by atoms with Crippen LogP contribution in [0.4, 0.5) is 0 Å². The van der Waals surface area contributed by atoms with E-state index in [2.05, 4.69) is 45.6 Å². The van der Waals surface area contributed by atoms with Gasteiger partial charge in [0.15, 0.2) is 0 Å². The average molecular weight is 235 g/mol. The number of aryl methyl sites for hydroxylation is 2. The number of nitrogens with one attached hydrogen (secondary N) is 1. The van der Waals surface area contributed by atoms with Crippen molar-refractivity contribution in [2.75, 3.05) is 0 Å². The molecule has 2 rings (SSSR count). The quantitative estimate of drug-likeness (QED) is 0.862. The summed E-state index contributed by atoms with van der Waals surface area (Å²) in [4.78, 5) is 4.52. The maximum absolute atomic E-state index is 4.52. The molecule has 2 aromatic rings. The predicted octanol–water partition coefficient (Wildman–Crippen LogP) is 2.33. The van der Waals surface area contributed by atoms with E-state index in [1.807, 2.05) is 7.05 Å². The summed E-state index contributed by atoms with van der Waals surface area (Å²) in [6.45, 7) is 3.89. The fourth-order valence-electron chi connectivity index (χ4n) is 1.59. The molecule has 0 radical (unpaired) electrons. The molecule has 4 heteroatoms. The van der Waals surface area contributed by atoms with E-state index in [1.54, 1.807) is 11.3 Å². The molecule has 86 valence electrons. The highest BCUT2D eigenvalue weighted by Crippen LogP contribution is 2.10. The van der Waals surface area contributed by atoms with Crippen molar-refractivity contribution < 1.29 is 0 Å². The summed E-state index contributed by atoms with van der Waals surface area (Å²) in [5.41, 5.74) is 2.46. The zero-order valence-electron chi connectivity index (χ0n) is 9.73. The zero-order chi connectivity index (χ0) is 11.4. The summed E-state index contributed by atoms with van der Waals surface area (Å²) in [5.74, 6) is 0. The maximum atomic E-state index is 4.52. The molecule has 0 fully saturated rings. The monoisotopic (exact) mass is 235 g/mol. The zero-order valence-corrected chi connectivity index (χ0v) is 10.5. The van der Waals surface area contributed by atoms with E-state index in [0.29, 0.717) is 0 Å². The Morgan fingerprint density at radius 1 is 1.44 bits per heavy atom. The van der Waals surface area contributed by atoms with Gasteiger partial charge >= 0.3 is 0 Å². The van der Waals surface area contributed by atoms with Gasteiger partial charge in [0.2, 0.25) is 0 Å². The van der Waals surface area contributed by atoms with Gasteiger partial charge in [0, 0.05) is 37.9 Å². The summed E-state index contributed by atoms with van der Waals surface area (Å²) in [5, 5.41) is 6.75. The lowest BCUT2D eigenvalue weighted by Gasteiger charge is -1.99. The van der Waals surface area contributed by atoms with Crippen LogP contribution in [0, 0.1) is 0 Å². The number of hydrogen-bond donors (Lipinski definition) is 1. The first kappa shape index (κ1) is 11.4. The molecule has 0 saturated carbocycles. The standard InChI is InChI=1S/C12H17N3S/c1-3-12-14-11(9-16-12)7-13-6-10-4-5-15(2)8-10/h4-5,8-9,13H,3,6-7H2,1-2H3. The second-order valence-electron chi connectivity index (χ2n) is 3.87. The Hall–Kier alpha value is -1.13. The van der Waals surface area contributed by atoms with Crippen molar-refractivity contribution in [3.05, 3.63) is 40.1 Å². The van der Waals surface area contributed by atoms with Gasteiger partial charge < -0.3 is 9.88 Å². The van der Waals surface area contributed by atoms with Crippen LogP contribution in [0.5, 0.6) is 0 Å². The van der Waals surface area contributed by atoms with Crippen molar-refractivity contribution in [3.8, 4) is 0 Å². The van der Waals surface area contributed by atoms with Gasteiger partial charge in [-0.05, 0) is 18.1 Å². The number of hydrogen-bond acceptors (Lipinski definition) is 3. The van der Waals surface area contributed by atoms with Gasteiger partial charge in [-0.15, -0.1) is 11.3 Å². The number of thiazole rings is 1. The van der Waals surface area contributed by atoms with Crippen LogP contribution in [0.3, 0.4) is 0 Å². The SMILES string of the molecule is CCc1nc(CNCc2ccn(C)c2)cs1. The lowest BCUT2D eigenvalue weighted by atomic mass is 10.3. The molecular formula is C12H17N3S. The smallest absolute Gasteiger partial charge is 0.0926 e. The first-order chi connectivity index (χ1) is 7.78. The lowest BCUT2D eigenvalue weighted by molar-refractivity contribution is 0.680. The molecule has 0 atom stereocenters. The van der Waals surface area contributed by atoms with Gasteiger partial charge in [-0.1, -0.05) is 6.92 Å². The Morgan fingerprint density at radius 2 is 2.31 bits per heavy atom. The second kappa shape index (κ2) is 5.27. The third-order valence-corrected chi connectivity index (χ3v) is 3.47. The van der Waals surface area contributed by atoms with Crippen molar-refractivity contribution in [2.45, 2.75) is 26.4 Å². The van der Waals surface area contributed by atoms with Gasteiger partial charge in [-0.2, -0.15) is 0 Å². The molecule has 2 aromatic heterocycles. The Morgan fingerprint density at radius 3 is 2.94 bits per heavy atom. The van der Waals surface area contributed by atoms with Crippen LogP contribution in [0.1, 0.15) is 23.2 Å².